The number of ether oxygens (including phenoxy) is 1. The third-order valence-corrected chi connectivity index (χ3v) is 5.40. The minimum Gasteiger partial charge on any atom is -0.481 e. The Kier molecular flexibility index (Phi) is 7.28. The molecule has 2 amide bonds. The van der Waals surface area contributed by atoms with E-state index in [-0.39, 0.29) is 18.9 Å². The number of nitrogens with one attached hydrogen (secondary N) is 2. The number of carbonyl (C=O) groups excluding carboxylic acids is 2. The van der Waals surface area contributed by atoms with Gasteiger partial charge < -0.3 is 20.5 Å². The fourth-order valence-electron chi connectivity index (χ4n) is 4.00. The van der Waals surface area contributed by atoms with Gasteiger partial charge in [0.1, 0.15) is 12.6 Å². The van der Waals surface area contributed by atoms with Crippen molar-refractivity contribution in [2.45, 2.75) is 51.1 Å². The van der Waals surface area contributed by atoms with Crippen molar-refractivity contribution in [2.75, 3.05) is 6.61 Å². The molecule has 0 saturated carbocycles. The number of hydrogen-bond donors (Lipinski definition) is 3. The van der Waals surface area contributed by atoms with Gasteiger partial charge in [-0.1, -0.05) is 61.9 Å². The third kappa shape index (κ3) is 5.42. The minimum atomic E-state index is -0.996. The fourth-order valence-corrected chi connectivity index (χ4v) is 4.00. The van der Waals surface area contributed by atoms with Crippen LogP contribution in [0.5, 0.6) is 0 Å². The second-order valence-corrected chi connectivity index (χ2v) is 7.82. The van der Waals surface area contributed by atoms with E-state index in [1.54, 1.807) is 6.92 Å². The van der Waals surface area contributed by atoms with Crippen molar-refractivity contribution in [2.24, 2.45) is 0 Å². The fraction of sp³-hybridized carbons (Fsp3) is 0.375. The molecule has 1 aliphatic carbocycles. The van der Waals surface area contributed by atoms with E-state index >= 15 is 0 Å². The van der Waals surface area contributed by atoms with Crippen LogP contribution in [0.25, 0.3) is 11.1 Å². The van der Waals surface area contributed by atoms with Crippen LogP contribution in [0.2, 0.25) is 0 Å². The molecule has 31 heavy (non-hydrogen) atoms. The van der Waals surface area contributed by atoms with Gasteiger partial charge in [-0.2, -0.15) is 0 Å². The van der Waals surface area contributed by atoms with Crippen LogP contribution in [0, 0.1) is 0 Å². The van der Waals surface area contributed by atoms with Crippen LogP contribution in [-0.2, 0) is 14.3 Å². The van der Waals surface area contributed by atoms with Crippen molar-refractivity contribution in [3.8, 4) is 11.1 Å². The molecular weight excluding hydrogens is 396 g/mol. The molecule has 7 heteroatoms. The SMILES string of the molecule is CCCC(NC(=O)OCC1c2ccccc2-c2ccccc21)C(=O)N[C@@H](C)CC(=O)O. The van der Waals surface area contributed by atoms with E-state index in [1.165, 1.54) is 0 Å². The third-order valence-electron chi connectivity index (χ3n) is 5.40. The molecule has 2 atom stereocenters. The van der Waals surface area contributed by atoms with Gasteiger partial charge >= 0.3 is 12.1 Å². The summed E-state index contributed by atoms with van der Waals surface area (Å²) in [6.07, 6.45) is 0.252. The van der Waals surface area contributed by atoms with Crippen LogP contribution < -0.4 is 10.6 Å². The largest absolute Gasteiger partial charge is 0.481 e. The molecule has 3 N–H and O–H groups in total. The van der Waals surface area contributed by atoms with Crippen molar-refractivity contribution < 1.29 is 24.2 Å². The van der Waals surface area contributed by atoms with Gasteiger partial charge in [0, 0.05) is 12.0 Å². The van der Waals surface area contributed by atoms with Crippen molar-refractivity contribution in [1.29, 1.82) is 0 Å². The number of hydrogen-bond acceptors (Lipinski definition) is 4. The van der Waals surface area contributed by atoms with E-state index in [2.05, 4.69) is 22.8 Å². The quantitative estimate of drug-likeness (QED) is 0.570. The first-order valence-corrected chi connectivity index (χ1v) is 10.5. The highest BCUT2D eigenvalue weighted by molar-refractivity contribution is 5.86. The summed E-state index contributed by atoms with van der Waals surface area (Å²) in [6, 6.07) is 14.8. The number of carboxylic acid groups (broad SMARTS) is 1. The average Bonchev–Trinajstić information content (AvgIpc) is 3.05. The monoisotopic (exact) mass is 424 g/mol. The molecule has 0 radical (unpaired) electrons. The first-order chi connectivity index (χ1) is 14.9. The summed E-state index contributed by atoms with van der Waals surface area (Å²) in [5.74, 6) is -1.47. The Balaban J connectivity index is 1.62. The standard InChI is InChI=1S/C24H28N2O5/c1-3-8-21(23(29)25-15(2)13-22(27)28)26-24(30)31-14-20-18-11-6-4-9-16(18)17-10-5-7-12-19(17)20/h4-7,9-12,15,20-21H,3,8,13-14H2,1-2H3,(H,25,29)(H,26,30)(H,27,28)/t15-,21?/m0/s1. The molecule has 1 unspecified atom stereocenters. The van der Waals surface area contributed by atoms with Gasteiger partial charge in [0.25, 0.3) is 0 Å². The van der Waals surface area contributed by atoms with Crippen LogP contribution in [0.4, 0.5) is 4.79 Å². The smallest absolute Gasteiger partial charge is 0.407 e. The summed E-state index contributed by atoms with van der Waals surface area (Å²) < 4.78 is 5.51. The predicted molar refractivity (Wildman–Crippen MR) is 117 cm³/mol. The summed E-state index contributed by atoms with van der Waals surface area (Å²) in [5, 5.41) is 14.1. The number of aliphatic carboxylic acids is 1. The maximum absolute atomic E-state index is 12.5. The Labute approximate surface area is 181 Å². The molecule has 1 aliphatic rings. The number of amides is 2. The number of rotatable bonds is 9. The second-order valence-electron chi connectivity index (χ2n) is 7.82. The molecule has 3 rings (SSSR count). The highest BCUT2D eigenvalue weighted by Crippen LogP contribution is 2.44. The lowest BCUT2D eigenvalue weighted by Crippen LogP contribution is -2.49. The van der Waals surface area contributed by atoms with Crippen molar-refractivity contribution in [1.82, 2.24) is 10.6 Å². The normalized spacial score (nSPS) is 14.1. The molecular formula is C24H28N2O5. The summed E-state index contributed by atoms with van der Waals surface area (Å²) in [6.45, 7) is 3.68. The number of fused-ring (bicyclic) bond motifs is 3. The summed E-state index contributed by atoms with van der Waals surface area (Å²) >= 11 is 0. The van der Waals surface area contributed by atoms with E-state index in [0.29, 0.717) is 12.8 Å². The lowest BCUT2D eigenvalue weighted by Gasteiger charge is -2.21. The van der Waals surface area contributed by atoms with Crippen LogP contribution in [0.1, 0.15) is 50.2 Å². The molecule has 0 bridgehead atoms. The second kappa shape index (κ2) is 10.1. The van der Waals surface area contributed by atoms with Gasteiger partial charge in [0.2, 0.25) is 5.91 Å². The topological polar surface area (TPSA) is 105 Å². The highest BCUT2D eigenvalue weighted by atomic mass is 16.5. The Bertz CT molecular complexity index is 913. The van der Waals surface area contributed by atoms with E-state index in [0.717, 1.165) is 22.3 Å². The van der Waals surface area contributed by atoms with Gasteiger partial charge in [-0.05, 0) is 35.6 Å². The Morgan fingerprint density at radius 3 is 2.13 bits per heavy atom. The van der Waals surface area contributed by atoms with E-state index in [1.807, 2.05) is 43.3 Å². The molecule has 0 saturated heterocycles. The lowest BCUT2D eigenvalue weighted by molar-refractivity contribution is -0.137. The molecule has 0 heterocycles. The Hall–Kier alpha value is -3.35. The number of carboxylic acids is 1. The lowest BCUT2D eigenvalue weighted by atomic mass is 9.98. The molecule has 164 valence electrons. The number of carbonyl (C=O) groups is 3. The van der Waals surface area contributed by atoms with Crippen molar-refractivity contribution in [3.05, 3.63) is 59.7 Å². The maximum atomic E-state index is 12.5. The van der Waals surface area contributed by atoms with E-state index < -0.39 is 30.1 Å². The van der Waals surface area contributed by atoms with Gasteiger partial charge in [0.05, 0.1) is 6.42 Å². The Morgan fingerprint density at radius 1 is 1.00 bits per heavy atom. The molecule has 0 aliphatic heterocycles. The van der Waals surface area contributed by atoms with Crippen LogP contribution in [-0.4, -0.2) is 41.8 Å². The molecule has 0 spiro atoms. The molecule has 2 aromatic rings. The Morgan fingerprint density at radius 2 is 1.58 bits per heavy atom. The number of alkyl carbamates (subject to hydrolysis) is 1. The van der Waals surface area contributed by atoms with E-state index in [4.69, 9.17) is 9.84 Å². The summed E-state index contributed by atoms with van der Waals surface area (Å²) in [7, 11) is 0. The zero-order chi connectivity index (χ0) is 22.4. The van der Waals surface area contributed by atoms with Crippen LogP contribution in [0.15, 0.2) is 48.5 Å². The molecule has 7 nitrogen and oxygen atoms in total. The van der Waals surface area contributed by atoms with Gasteiger partial charge in [-0.3, -0.25) is 9.59 Å². The van der Waals surface area contributed by atoms with Gasteiger partial charge in [-0.25, -0.2) is 4.79 Å². The van der Waals surface area contributed by atoms with Gasteiger partial charge in [-0.15, -0.1) is 0 Å². The predicted octanol–water partition coefficient (Wildman–Crippen LogP) is 3.67. The number of benzene rings is 2. The first kappa shape index (κ1) is 22.3. The van der Waals surface area contributed by atoms with Crippen molar-refractivity contribution >= 4 is 18.0 Å². The van der Waals surface area contributed by atoms with Gasteiger partial charge in [0.15, 0.2) is 0 Å². The summed E-state index contributed by atoms with van der Waals surface area (Å²) in [5.41, 5.74) is 4.51. The molecule has 2 aromatic carbocycles. The van der Waals surface area contributed by atoms with E-state index in [9.17, 15) is 14.4 Å². The van der Waals surface area contributed by atoms with Crippen molar-refractivity contribution in [3.63, 3.8) is 0 Å². The zero-order valence-corrected chi connectivity index (χ0v) is 17.8. The molecule has 0 fully saturated rings. The zero-order valence-electron chi connectivity index (χ0n) is 17.8. The summed E-state index contributed by atoms with van der Waals surface area (Å²) in [4.78, 5) is 35.8. The first-order valence-electron chi connectivity index (χ1n) is 10.5. The molecule has 0 aromatic heterocycles. The average molecular weight is 424 g/mol. The van der Waals surface area contributed by atoms with Crippen LogP contribution >= 0.6 is 0 Å². The van der Waals surface area contributed by atoms with Crippen LogP contribution in [0.3, 0.4) is 0 Å². The highest BCUT2D eigenvalue weighted by Gasteiger charge is 2.29. The maximum Gasteiger partial charge on any atom is 0.407 e. The minimum absolute atomic E-state index is 0.0628.